The molecule has 3 unspecified atom stereocenters. The first kappa shape index (κ1) is 21.7. The quantitative estimate of drug-likeness (QED) is 0.461. The molecule has 3 N–H and O–H groups in total. The van der Waals surface area contributed by atoms with Crippen LogP contribution in [0.3, 0.4) is 0 Å². The van der Waals surface area contributed by atoms with Crippen molar-refractivity contribution in [2.24, 2.45) is 5.92 Å². The Balaban J connectivity index is 1.57. The lowest BCUT2D eigenvalue weighted by Gasteiger charge is -2.30. The second-order valence-corrected chi connectivity index (χ2v) is 7.90. The van der Waals surface area contributed by atoms with E-state index in [2.05, 4.69) is 16.2 Å². The van der Waals surface area contributed by atoms with Gasteiger partial charge in [-0.3, -0.25) is 14.4 Å². The molecule has 2 heterocycles. The number of nitrogens with one attached hydrogen (secondary N) is 3. The van der Waals surface area contributed by atoms with E-state index in [-0.39, 0.29) is 18.7 Å². The van der Waals surface area contributed by atoms with Crippen LogP contribution in [0.5, 0.6) is 0 Å². The number of fused-ring (bicyclic) bond motifs is 1. The highest BCUT2D eigenvalue weighted by Crippen LogP contribution is 2.39. The lowest BCUT2D eigenvalue weighted by molar-refractivity contribution is -0.152. The van der Waals surface area contributed by atoms with E-state index in [9.17, 15) is 19.2 Å². The number of ether oxygens (including phenoxy) is 1. The summed E-state index contributed by atoms with van der Waals surface area (Å²) in [5.74, 6) is -3.06. The van der Waals surface area contributed by atoms with Gasteiger partial charge in [-0.1, -0.05) is 36.4 Å². The Bertz CT molecular complexity index is 1070. The molecule has 2 aromatic rings. The van der Waals surface area contributed by atoms with Gasteiger partial charge in [0.25, 0.3) is 5.91 Å². The number of anilines is 2. The Morgan fingerprint density at radius 1 is 1.06 bits per heavy atom. The average Bonchev–Trinajstić information content (AvgIpc) is 3.31. The monoisotopic (exact) mass is 436 g/mol. The first-order valence-electron chi connectivity index (χ1n) is 10.3. The summed E-state index contributed by atoms with van der Waals surface area (Å²) in [6.45, 7) is 1.87. The van der Waals surface area contributed by atoms with Crippen molar-refractivity contribution in [2.45, 2.75) is 31.3 Å². The molecule has 0 aromatic heterocycles. The molecule has 0 radical (unpaired) electrons. The normalized spacial score (nSPS) is 24.4. The summed E-state index contributed by atoms with van der Waals surface area (Å²) in [5.41, 5.74) is 6.05. The van der Waals surface area contributed by atoms with E-state index in [1.165, 1.54) is 7.11 Å². The second kappa shape index (κ2) is 8.52. The Morgan fingerprint density at radius 3 is 2.44 bits per heavy atom. The molecule has 0 bridgehead atoms. The molecule has 3 atom stereocenters. The van der Waals surface area contributed by atoms with Crippen LogP contribution in [0.25, 0.3) is 0 Å². The maximum atomic E-state index is 13.3. The van der Waals surface area contributed by atoms with Crippen LogP contribution >= 0.6 is 0 Å². The molecule has 2 aliphatic heterocycles. The average molecular weight is 436 g/mol. The zero-order chi connectivity index (χ0) is 22.9. The number of carbonyl (C=O) groups is 4. The summed E-state index contributed by atoms with van der Waals surface area (Å²) in [5, 5.41) is 2.82. The highest BCUT2D eigenvalue weighted by Gasteiger charge is 2.65. The number of amides is 3. The Morgan fingerprint density at radius 2 is 1.75 bits per heavy atom. The SMILES string of the molecule is COC(=O)C1(CCC(=O)Nc2ccccc2C)NNC2C(=O)N(c3ccccc3)C(=O)C21. The van der Waals surface area contributed by atoms with Crippen LogP contribution in [-0.4, -0.2) is 42.4 Å². The minimum atomic E-state index is -1.56. The molecule has 0 saturated carbocycles. The molecule has 166 valence electrons. The lowest BCUT2D eigenvalue weighted by Crippen LogP contribution is -2.58. The maximum Gasteiger partial charge on any atom is 0.328 e. The van der Waals surface area contributed by atoms with Gasteiger partial charge in [0.15, 0.2) is 0 Å². The molecule has 32 heavy (non-hydrogen) atoms. The summed E-state index contributed by atoms with van der Waals surface area (Å²) < 4.78 is 4.98. The predicted octanol–water partition coefficient (Wildman–Crippen LogP) is 1.29. The van der Waals surface area contributed by atoms with Gasteiger partial charge in [0.05, 0.1) is 18.7 Å². The maximum absolute atomic E-state index is 13.3. The number of esters is 1. The number of hydrogen-bond acceptors (Lipinski definition) is 7. The zero-order valence-electron chi connectivity index (χ0n) is 17.8. The van der Waals surface area contributed by atoms with Crippen molar-refractivity contribution in [3.63, 3.8) is 0 Å². The minimum absolute atomic E-state index is 0.0345. The Hall–Kier alpha value is -3.56. The van der Waals surface area contributed by atoms with Gasteiger partial charge in [-0.05, 0) is 37.1 Å². The molecule has 2 aromatic carbocycles. The fourth-order valence-corrected chi connectivity index (χ4v) is 4.34. The molecule has 2 fully saturated rings. The number of imide groups is 1. The molecule has 3 amide bonds. The predicted molar refractivity (Wildman–Crippen MR) is 116 cm³/mol. The van der Waals surface area contributed by atoms with Crippen molar-refractivity contribution in [1.29, 1.82) is 0 Å². The number of hydrazine groups is 1. The van der Waals surface area contributed by atoms with Crippen molar-refractivity contribution in [1.82, 2.24) is 10.9 Å². The molecule has 9 nitrogen and oxygen atoms in total. The molecular formula is C23H24N4O5. The number of methoxy groups -OCH3 is 1. The first-order valence-corrected chi connectivity index (χ1v) is 10.3. The second-order valence-electron chi connectivity index (χ2n) is 7.90. The standard InChI is InChI=1S/C23H24N4O5/c1-14-8-6-7-11-16(14)24-17(28)12-13-23(22(31)32-2)18-19(25-26-23)21(30)27(20(18)29)15-9-4-3-5-10-15/h3-11,18-19,25-26H,12-13H2,1-2H3,(H,24,28). The van der Waals surface area contributed by atoms with Gasteiger partial charge in [0.1, 0.15) is 11.6 Å². The van der Waals surface area contributed by atoms with E-state index in [4.69, 9.17) is 4.74 Å². The van der Waals surface area contributed by atoms with Gasteiger partial charge in [-0.2, -0.15) is 0 Å². The Labute approximate surface area is 185 Å². The summed E-state index contributed by atoms with van der Waals surface area (Å²) in [6.07, 6.45) is -0.0959. The van der Waals surface area contributed by atoms with E-state index >= 15 is 0 Å². The highest BCUT2D eigenvalue weighted by molar-refractivity contribution is 6.25. The largest absolute Gasteiger partial charge is 0.468 e. The first-order chi connectivity index (χ1) is 15.4. The van der Waals surface area contributed by atoms with E-state index < -0.39 is 35.3 Å². The number of para-hydroxylation sites is 2. The zero-order valence-corrected chi connectivity index (χ0v) is 17.8. The highest BCUT2D eigenvalue weighted by atomic mass is 16.5. The number of benzene rings is 2. The fourth-order valence-electron chi connectivity index (χ4n) is 4.34. The molecule has 2 aliphatic rings. The van der Waals surface area contributed by atoms with Gasteiger partial charge in [-0.15, -0.1) is 0 Å². The number of hydrogen-bond donors (Lipinski definition) is 3. The van der Waals surface area contributed by atoms with Gasteiger partial charge < -0.3 is 10.1 Å². The fraction of sp³-hybridized carbons (Fsp3) is 0.304. The van der Waals surface area contributed by atoms with Crippen molar-refractivity contribution in [3.8, 4) is 0 Å². The summed E-state index contributed by atoms with van der Waals surface area (Å²) in [6, 6.07) is 14.9. The number of rotatable bonds is 6. The van der Waals surface area contributed by atoms with Gasteiger partial charge in [0, 0.05) is 12.1 Å². The summed E-state index contributed by atoms with van der Waals surface area (Å²) >= 11 is 0. The van der Waals surface area contributed by atoms with E-state index in [1.54, 1.807) is 36.4 Å². The molecule has 0 aliphatic carbocycles. The third kappa shape index (κ3) is 3.55. The third-order valence-electron chi connectivity index (χ3n) is 6.02. The van der Waals surface area contributed by atoms with Crippen LogP contribution in [0.4, 0.5) is 11.4 Å². The summed E-state index contributed by atoms with van der Waals surface area (Å²) in [7, 11) is 1.21. The molecule has 2 saturated heterocycles. The number of aryl methyl sites for hydroxylation is 1. The van der Waals surface area contributed by atoms with Crippen LogP contribution in [0.2, 0.25) is 0 Å². The van der Waals surface area contributed by atoms with Crippen LogP contribution < -0.4 is 21.1 Å². The van der Waals surface area contributed by atoms with Gasteiger partial charge in [0.2, 0.25) is 11.8 Å². The molecule has 4 rings (SSSR count). The van der Waals surface area contributed by atoms with Crippen LogP contribution in [-0.2, 0) is 23.9 Å². The minimum Gasteiger partial charge on any atom is -0.468 e. The smallest absolute Gasteiger partial charge is 0.328 e. The number of nitrogens with zero attached hydrogens (tertiary/aromatic N) is 1. The van der Waals surface area contributed by atoms with Crippen LogP contribution in [0.15, 0.2) is 54.6 Å². The van der Waals surface area contributed by atoms with Crippen LogP contribution in [0.1, 0.15) is 18.4 Å². The van der Waals surface area contributed by atoms with Gasteiger partial charge in [-0.25, -0.2) is 20.5 Å². The Kier molecular flexibility index (Phi) is 5.77. The van der Waals surface area contributed by atoms with Crippen molar-refractivity contribution in [3.05, 3.63) is 60.2 Å². The van der Waals surface area contributed by atoms with Crippen molar-refractivity contribution < 1.29 is 23.9 Å². The molecule has 9 heteroatoms. The lowest BCUT2D eigenvalue weighted by atomic mass is 9.79. The van der Waals surface area contributed by atoms with E-state index in [0.29, 0.717) is 11.4 Å². The third-order valence-corrected chi connectivity index (χ3v) is 6.02. The van der Waals surface area contributed by atoms with Crippen molar-refractivity contribution >= 4 is 35.1 Å². The molecule has 0 spiro atoms. The summed E-state index contributed by atoms with van der Waals surface area (Å²) in [4.78, 5) is 52.9. The topological polar surface area (TPSA) is 117 Å². The van der Waals surface area contributed by atoms with Crippen LogP contribution in [0, 0.1) is 12.8 Å². The number of carbonyl (C=O) groups excluding carboxylic acids is 4. The van der Waals surface area contributed by atoms with E-state index in [0.717, 1.165) is 10.5 Å². The van der Waals surface area contributed by atoms with E-state index in [1.807, 2.05) is 25.1 Å². The van der Waals surface area contributed by atoms with Gasteiger partial charge >= 0.3 is 5.97 Å². The van der Waals surface area contributed by atoms with Crippen molar-refractivity contribution in [2.75, 3.05) is 17.3 Å². The molecular weight excluding hydrogens is 412 g/mol.